The maximum absolute atomic E-state index is 13.0. The van der Waals surface area contributed by atoms with Crippen LogP contribution in [-0.4, -0.2) is 33.3 Å². The average molecular weight is 389 g/mol. The summed E-state index contributed by atoms with van der Waals surface area (Å²) >= 11 is 0. The van der Waals surface area contributed by atoms with E-state index in [9.17, 15) is 13.2 Å². The molecular weight excluding hydrogens is 360 g/mol. The van der Waals surface area contributed by atoms with Gasteiger partial charge in [-0.3, -0.25) is 9.52 Å². The number of carbonyl (C=O) groups excluding carboxylic acids is 1. The molecular formula is C21H28N2O3S. The van der Waals surface area contributed by atoms with Crippen LogP contribution in [0.2, 0.25) is 0 Å². The molecule has 1 amide bonds. The van der Waals surface area contributed by atoms with Crippen molar-refractivity contribution >= 4 is 21.6 Å². The molecule has 0 aromatic heterocycles. The zero-order chi connectivity index (χ0) is 20.6. The molecule has 0 radical (unpaired) electrons. The Morgan fingerprint density at radius 1 is 1.00 bits per heavy atom. The second kappa shape index (κ2) is 7.35. The first-order valence-electron chi connectivity index (χ1n) is 8.79. The van der Waals surface area contributed by atoms with E-state index in [2.05, 4.69) is 25.5 Å². The lowest BCUT2D eigenvalue weighted by atomic mass is 9.85. The van der Waals surface area contributed by atoms with Gasteiger partial charge < -0.3 is 4.90 Å². The van der Waals surface area contributed by atoms with E-state index in [0.29, 0.717) is 22.4 Å². The van der Waals surface area contributed by atoms with Crippen molar-refractivity contribution < 1.29 is 13.2 Å². The van der Waals surface area contributed by atoms with E-state index >= 15 is 0 Å². The summed E-state index contributed by atoms with van der Waals surface area (Å²) in [6, 6.07) is 10.4. The SMILES string of the molecule is Cc1cc(C(C)(C)C)cc(C)c1S(=O)(=O)Nc1cccc(C(=O)N(C)C)c1. The zero-order valence-corrected chi connectivity index (χ0v) is 17.9. The summed E-state index contributed by atoms with van der Waals surface area (Å²) in [6.45, 7) is 9.91. The Morgan fingerprint density at radius 2 is 1.56 bits per heavy atom. The molecule has 0 atom stereocenters. The molecule has 0 aliphatic heterocycles. The number of rotatable bonds is 4. The second-order valence-electron chi connectivity index (χ2n) is 8.08. The van der Waals surface area contributed by atoms with Gasteiger partial charge in [-0.25, -0.2) is 8.42 Å². The molecule has 0 fully saturated rings. The van der Waals surface area contributed by atoms with Gasteiger partial charge in [0.1, 0.15) is 0 Å². The topological polar surface area (TPSA) is 66.5 Å². The minimum absolute atomic E-state index is 0.0634. The predicted octanol–water partition coefficient (Wildman–Crippen LogP) is 4.10. The Labute approximate surface area is 162 Å². The van der Waals surface area contributed by atoms with E-state index in [4.69, 9.17) is 0 Å². The molecule has 0 spiro atoms. The van der Waals surface area contributed by atoms with Crippen LogP contribution in [-0.2, 0) is 15.4 Å². The van der Waals surface area contributed by atoms with Gasteiger partial charge >= 0.3 is 0 Å². The molecule has 2 rings (SSSR count). The third-order valence-corrected chi connectivity index (χ3v) is 6.05. The highest BCUT2D eigenvalue weighted by atomic mass is 32.2. The predicted molar refractivity (Wildman–Crippen MR) is 110 cm³/mol. The number of benzene rings is 2. The van der Waals surface area contributed by atoms with Crippen LogP contribution in [0.1, 0.15) is 47.8 Å². The van der Waals surface area contributed by atoms with Crippen molar-refractivity contribution in [3.63, 3.8) is 0 Å². The van der Waals surface area contributed by atoms with Gasteiger partial charge in [0.15, 0.2) is 0 Å². The van der Waals surface area contributed by atoms with Crippen molar-refractivity contribution in [3.05, 3.63) is 58.7 Å². The first kappa shape index (κ1) is 21.0. The number of sulfonamides is 1. The number of amides is 1. The fourth-order valence-corrected chi connectivity index (χ4v) is 4.49. The first-order chi connectivity index (χ1) is 12.3. The Hall–Kier alpha value is -2.34. The molecule has 0 aliphatic carbocycles. The molecule has 0 heterocycles. The maximum atomic E-state index is 13.0. The summed E-state index contributed by atoms with van der Waals surface area (Å²) in [6.07, 6.45) is 0. The molecule has 2 aromatic rings. The van der Waals surface area contributed by atoms with Crippen LogP contribution in [0.4, 0.5) is 5.69 Å². The lowest BCUT2D eigenvalue weighted by Gasteiger charge is -2.22. The maximum Gasteiger partial charge on any atom is 0.262 e. The number of carbonyl (C=O) groups is 1. The van der Waals surface area contributed by atoms with Crippen LogP contribution < -0.4 is 4.72 Å². The zero-order valence-electron chi connectivity index (χ0n) is 17.0. The van der Waals surface area contributed by atoms with Crippen molar-refractivity contribution in [2.45, 2.75) is 44.9 Å². The normalized spacial score (nSPS) is 12.0. The molecule has 1 N–H and O–H groups in total. The molecule has 0 saturated carbocycles. The molecule has 5 nitrogen and oxygen atoms in total. The van der Waals surface area contributed by atoms with Crippen LogP contribution in [0.5, 0.6) is 0 Å². The standard InChI is InChI=1S/C21H28N2O3S/c1-14-11-17(21(3,4)5)12-15(2)19(14)27(25,26)22-18-10-8-9-16(13-18)20(24)23(6)7/h8-13,22H,1-7H3. The van der Waals surface area contributed by atoms with Crippen LogP contribution in [0.3, 0.4) is 0 Å². The largest absolute Gasteiger partial charge is 0.345 e. The summed E-state index contributed by atoms with van der Waals surface area (Å²) < 4.78 is 28.6. The Balaban J connectivity index is 2.44. The summed E-state index contributed by atoms with van der Waals surface area (Å²) in [7, 11) is -0.464. The van der Waals surface area contributed by atoms with Crippen LogP contribution >= 0.6 is 0 Å². The Morgan fingerprint density at radius 3 is 2.04 bits per heavy atom. The quantitative estimate of drug-likeness (QED) is 0.857. The highest BCUT2D eigenvalue weighted by molar-refractivity contribution is 7.92. The van der Waals surface area contributed by atoms with Crippen LogP contribution in [0.15, 0.2) is 41.3 Å². The number of aryl methyl sites for hydroxylation is 2. The van der Waals surface area contributed by atoms with Gasteiger partial charge in [0, 0.05) is 25.3 Å². The van der Waals surface area contributed by atoms with E-state index in [1.807, 2.05) is 26.0 Å². The number of hydrogen-bond acceptors (Lipinski definition) is 3. The van der Waals surface area contributed by atoms with Crippen molar-refractivity contribution in [1.29, 1.82) is 0 Å². The van der Waals surface area contributed by atoms with Gasteiger partial charge in [-0.2, -0.15) is 0 Å². The number of nitrogens with one attached hydrogen (secondary N) is 1. The van der Waals surface area contributed by atoms with Gasteiger partial charge in [-0.1, -0.05) is 39.0 Å². The fourth-order valence-electron chi connectivity index (χ4n) is 2.99. The summed E-state index contributed by atoms with van der Waals surface area (Å²) in [4.78, 5) is 13.8. The number of nitrogens with zero attached hydrogens (tertiary/aromatic N) is 1. The lowest BCUT2D eigenvalue weighted by Crippen LogP contribution is -2.22. The van der Waals surface area contributed by atoms with Crippen molar-refractivity contribution in [1.82, 2.24) is 4.90 Å². The van der Waals surface area contributed by atoms with E-state index in [1.165, 1.54) is 4.90 Å². The second-order valence-corrected chi connectivity index (χ2v) is 9.69. The number of hydrogen-bond donors (Lipinski definition) is 1. The smallest absolute Gasteiger partial charge is 0.262 e. The molecule has 146 valence electrons. The lowest BCUT2D eigenvalue weighted by molar-refractivity contribution is 0.0827. The third-order valence-electron chi connectivity index (χ3n) is 4.36. The van der Waals surface area contributed by atoms with Crippen molar-refractivity contribution in [3.8, 4) is 0 Å². The third kappa shape index (κ3) is 4.69. The van der Waals surface area contributed by atoms with Gasteiger partial charge in [-0.15, -0.1) is 0 Å². The van der Waals surface area contributed by atoms with Gasteiger partial charge in [-0.05, 0) is 54.2 Å². The van der Waals surface area contributed by atoms with Gasteiger partial charge in [0.2, 0.25) is 0 Å². The summed E-state index contributed by atoms with van der Waals surface area (Å²) in [5.74, 6) is -0.182. The monoisotopic (exact) mass is 388 g/mol. The first-order valence-corrected chi connectivity index (χ1v) is 10.3. The van der Waals surface area contributed by atoms with E-state index in [1.54, 1.807) is 38.4 Å². The molecule has 0 saturated heterocycles. The van der Waals surface area contributed by atoms with Crippen LogP contribution in [0.25, 0.3) is 0 Å². The number of anilines is 1. The molecule has 6 heteroatoms. The highest BCUT2D eigenvalue weighted by Gasteiger charge is 2.23. The van der Waals surface area contributed by atoms with Crippen LogP contribution in [0, 0.1) is 13.8 Å². The van der Waals surface area contributed by atoms with Gasteiger partial charge in [0.05, 0.1) is 4.90 Å². The van der Waals surface area contributed by atoms with E-state index in [0.717, 1.165) is 5.56 Å². The molecule has 27 heavy (non-hydrogen) atoms. The van der Waals surface area contributed by atoms with E-state index < -0.39 is 10.0 Å². The highest BCUT2D eigenvalue weighted by Crippen LogP contribution is 2.30. The summed E-state index contributed by atoms with van der Waals surface area (Å²) in [5.41, 5.74) is 3.22. The average Bonchev–Trinajstić information content (AvgIpc) is 2.51. The van der Waals surface area contributed by atoms with E-state index in [-0.39, 0.29) is 16.2 Å². The van der Waals surface area contributed by atoms with Crippen molar-refractivity contribution in [2.24, 2.45) is 0 Å². The Bertz CT molecular complexity index is 948. The molecule has 0 bridgehead atoms. The molecule has 0 unspecified atom stereocenters. The minimum Gasteiger partial charge on any atom is -0.345 e. The molecule has 0 aliphatic rings. The fraction of sp³-hybridized carbons (Fsp3) is 0.381. The summed E-state index contributed by atoms with van der Waals surface area (Å²) in [5, 5.41) is 0. The Kier molecular flexibility index (Phi) is 5.71. The molecule has 2 aromatic carbocycles. The van der Waals surface area contributed by atoms with Gasteiger partial charge in [0.25, 0.3) is 15.9 Å². The van der Waals surface area contributed by atoms with Crippen molar-refractivity contribution in [2.75, 3.05) is 18.8 Å². The minimum atomic E-state index is -3.77.